The highest BCUT2D eigenvalue weighted by molar-refractivity contribution is 7.92. The Balaban J connectivity index is 2.43. The Bertz CT molecular complexity index is 1000. The number of nitrogens with one attached hydrogen (secondary N) is 1. The monoisotopic (exact) mass is 428 g/mol. The molecule has 0 radical (unpaired) electrons. The molecule has 2 aromatic carbocycles. The van der Waals surface area contributed by atoms with Crippen LogP contribution in [0.15, 0.2) is 42.5 Å². The number of sulfonamides is 1. The fourth-order valence-electron chi connectivity index (χ4n) is 2.99. The van der Waals surface area contributed by atoms with Gasteiger partial charge in [-0.25, -0.2) is 8.42 Å². The molecule has 0 aromatic heterocycles. The Kier molecular flexibility index (Phi) is 6.62. The number of benzene rings is 2. The molecule has 0 heterocycles. The minimum Gasteiger partial charge on any atom is -0.324 e. The van der Waals surface area contributed by atoms with Gasteiger partial charge in [-0.2, -0.15) is 13.2 Å². The standard InChI is InChI=1S/C20H23F3N2O3S/c1-5-17(19(26)24-16-8-6-7-15(12-16)20(21,22)23)25(29(4,27)28)18-11-13(2)9-10-14(18)3/h6-12,17H,5H2,1-4H3,(H,24,26). The third-order valence-electron chi connectivity index (χ3n) is 4.39. The van der Waals surface area contributed by atoms with Crippen LogP contribution in [0.1, 0.15) is 30.0 Å². The molecule has 1 N–H and O–H groups in total. The molecule has 29 heavy (non-hydrogen) atoms. The van der Waals surface area contributed by atoms with Crippen LogP contribution in [-0.2, 0) is 21.0 Å². The van der Waals surface area contributed by atoms with Crippen LogP contribution in [0, 0.1) is 13.8 Å². The maximum atomic E-state index is 12.9. The third-order valence-corrected chi connectivity index (χ3v) is 5.56. The first kappa shape index (κ1) is 22.7. The molecule has 9 heteroatoms. The van der Waals surface area contributed by atoms with E-state index in [4.69, 9.17) is 0 Å². The summed E-state index contributed by atoms with van der Waals surface area (Å²) in [7, 11) is -3.84. The topological polar surface area (TPSA) is 66.5 Å². The van der Waals surface area contributed by atoms with Gasteiger partial charge in [-0.1, -0.05) is 25.1 Å². The molecule has 0 saturated heterocycles. The van der Waals surface area contributed by atoms with E-state index in [-0.39, 0.29) is 12.1 Å². The summed E-state index contributed by atoms with van der Waals surface area (Å²) < 4.78 is 64.9. The van der Waals surface area contributed by atoms with Gasteiger partial charge in [-0.3, -0.25) is 9.10 Å². The number of hydrogen-bond acceptors (Lipinski definition) is 3. The van der Waals surface area contributed by atoms with E-state index in [0.717, 1.165) is 28.3 Å². The van der Waals surface area contributed by atoms with Gasteiger partial charge in [0, 0.05) is 5.69 Å². The van der Waals surface area contributed by atoms with Crippen molar-refractivity contribution in [1.82, 2.24) is 0 Å². The summed E-state index contributed by atoms with van der Waals surface area (Å²) in [5.74, 6) is -0.710. The zero-order chi connectivity index (χ0) is 22.0. The van der Waals surface area contributed by atoms with Gasteiger partial charge in [0.2, 0.25) is 15.9 Å². The fourth-order valence-corrected chi connectivity index (χ4v) is 4.25. The smallest absolute Gasteiger partial charge is 0.324 e. The van der Waals surface area contributed by atoms with E-state index >= 15 is 0 Å². The molecule has 1 unspecified atom stereocenters. The third kappa shape index (κ3) is 5.50. The number of carbonyl (C=O) groups excluding carboxylic acids is 1. The molecule has 0 spiro atoms. The summed E-state index contributed by atoms with van der Waals surface area (Å²) in [5.41, 5.74) is 0.868. The lowest BCUT2D eigenvalue weighted by Crippen LogP contribution is -2.47. The summed E-state index contributed by atoms with van der Waals surface area (Å²) in [6, 6.07) is 8.32. The first-order chi connectivity index (χ1) is 13.3. The van der Waals surface area contributed by atoms with E-state index in [1.807, 2.05) is 6.07 Å². The van der Waals surface area contributed by atoms with Crippen LogP contribution in [-0.4, -0.2) is 26.6 Å². The van der Waals surface area contributed by atoms with Crippen LogP contribution in [0.4, 0.5) is 24.5 Å². The number of carbonyl (C=O) groups is 1. The van der Waals surface area contributed by atoms with Gasteiger partial charge in [0.05, 0.1) is 17.5 Å². The summed E-state index contributed by atoms with van der Waals surface area (Å²) in [4.78, 5) is 12.9. The molecule has 0 aliphatic carbocycles. The minimum absolute atomic E-state index is 0.0577. The Labute approximate surface area is 168 Å². The molecule has 0 aliphatic heterocycles. The van der Waals surface area contributed by atoms with Crippen LogP contribution in [0.3, 0.4) is 0 Å². The predicted octanol–water partition coefficient (Wildman–Crippen LogP) is 4.51. The summed E-state index contributed by atoms with van der Waals surface area (Å²) >= 11 is 0. The van der Waals surface area contributed by atoms with Gasteiger partial charge in [-0.05, 0) is 55.7 Å². The molecular weight excluding hydrogens is 405 g/mol. The van der Waals surface area contributed by atoms with Crippen LogP contribution in [0.2, 0.25) is 0 Å². The number of hydrogen-bond donors (Lipinski definition) is 1. The molecule has 5 nitrogen and oxygen atoms in total. The van der Waals surface area contributed by atoms with E-state index in [2.05, 4.69) is 5.32 Å². The maximum Gasteiger partial charge on any atom is 0.416 e. The molecular formula is C20H23F3N2O3S. The highest BCUT2D eigenvalue weighted by Crippen LogP contribution is 2.31. The molecule has 1 amide bonds. The van der Waals surface area contributed by atoms with E-state index in [1.54, 1.807) is 32.9 Å². The Hall–Kier alpha value is -2.55. The lowest BCUT2D eigenvalue weighted by molar-refractivity contribution is -0.137. The largest absolute Gasteiger partial charge is 0.416 e. The highest BCUT2D eigenvalue weighted by atomic mass is 32.2. The zero-order valence-electron chi connectivity index (χ0n) is 16.5. The van der Waals surface area contributed by atoms with Crippen LogP contribution in [0.5, 0.6) is 0 Å². The summed E-state index contributed by atoms with van der Waals surface area (Å²) in [5, 5.41) is 2.42. The quantitative estimate of drug-likeness (QED) is 0.737. The number of alkyl halides is 3. The Morgan fingerprint density at radius 2 is 1.79 bits per heavy atom. The maximum absolute atomic E-state index is 12.9. The summed E-state index contributed by atoms with van der Waals surface area (Å²) in [6.45, 7) is 5.16. The number of amides is 1. The molecule has 0 bridgehead atoms. The molecule has 2 rings (SSSR count). The summed E-state index contributed by atoms with van der Waals surface area (Å²) in [6.07, 6.45) is -3.43. The Morgan fingerprint density at radius 1 is 1.14 bits per heavy atom. The number of nitrogens with zero attached hydrogens (tertiary/aromatic N) is 1. The van der Waals surface area contributed by atoms with Gasteiger partial charge >= 0.3 is 6.18 Å². The molecule has 0 fully saturated rings. The van der Waals surface area contributed by atoms with Crippen molar-refractivity contribution in [3.8, 4) is 0 Å². The normalized spacial score (nSPS) is 13.1. The second kappa shape index (κ2) is 8.44. The zero-order valence-corrected chi connectivity index (χ0v) is 17.4. The van der Waals surface area contributed by atoms with E-state index in [9.17, 15) is 26.4 Å². The first-order valence-corrected chi connectivity index (χ1v) is 10.7. The fraction of sp³-hybridized carbons (Fsp3) is 0.350. The van der Waals surface area contributed by atoms with Crippen molar-refractivity contribution in [3.05, 3.63) is 59.2 Å². The van der Waals surface area contributed by atoms with Gasteiger partial charge in [-0.15, -0.1) is 0 Å². The van der Waals surface area contributed by atoms with E-state index < -0.39 is 33.7 Å². The number of halogens is 3. The number of rotatable bonds is 6. The van der Waals surface area contributed by atoms with E-state index in [1.165, 1.54) is 12.1 Å². The Morgan fingerprint density at radius 3 is 2.34 bits per heavy atom. The second-order valence-electron chi connectivity index (χ2n) is 6.84. The average Bonchev–Trinajstić information content (AvgIpc) is 2.60. The van der Waals surface area contributed by atoms with E-state index in [0.29, 0.717) is 11.3 Å². The first-order valence-electron chi connectivity index (χ1n) is 8.89. The molecule has 0 aliphatic rings. The van der Waals surface area contributed by atoms with Gasteiger partial charge in [0.15, 0.2) is 0 Å². The van der Waals surface area contributed by atoms with Crippen molar-refractivity contribution in [1.29, 1.82) is 0 Å². The lowest BCUT2D eigenvalue weighted by atomic mass is 10.1. The SMILES string of the molecule is CCC(C(=O)Nc1cccc(C(F)(F)F)c1)N(c1cc(C)ccc1C)S(C)(=O)=O. The van der Waals surface area contributed by atoms with Gasteiger partial charge in [0.1, 0.15) is 6.04 Å². The molecule has 0 saturated carbocycles. The van der Waals surface area contributed by atoms with Crippen LogP contribution < -0.4 is 9.62 Å². The van der Waals surface area contributed by atoms with Crippen molar-refractivity contribution in [2.24, 2.45) is 0 Å². The number of anilines is 2. The lowest BCUT2D eigenvalue weighted by Gasteiger charge is -2.31. The van der Waals surface area contributed by atoms with Crippen LogP contribution >= 0.6 is 0 Å². The number of aryl methyl sites for hydroxylation is 2. The molecule has 158 valence electrons. The van der Waals surface area contributed by atoms with Crippen molar-refractivity contribution in [2.75, 3.05) is 15.9 Å². The van der Waals surface area contributed by atoms with Gasteiger partial charge < -0.3 is 5.32 Å². The average molecular weight is 428 g/mol. The van der Waals surface area contributed by atoms with Gasteiger partial charge in [0.25, 0.3) is 0 Å². The minimum atomic E-state index is -4.55. The van der Waals surface area contributed by atoms with Crippen LogP contribution in [0.25, 0.3) is 0 Å². The second-order valence-corrected chi connectivity index (χ2v) is 8.70. The van der Waals surface area contributed by atoms with Crippen molar-refractivity contribution < 1.29 is 26.4 Å². The highest BCUT2D eigenvalue weighted by Gasteiger charge is 2.33. The molecule has 2 aromatic rings. The van der Waals surface area contributed by atoms with Crippen molar-refractivity contribution >= 4 is 27.3 Å². The molecule has 1 atom stereocenters. The predicted molar refractivity (Wildman–Crippen MR) is 107 cm³/mol. The van der Waals surface area contributed by atoms with Crippen molar-refractivity contribution in [3.63, 3.8) is 0 Å². The van der Waals surface area contributed by atoms with Crippen molar-refractivity contribution in [2.45, 2.75) is 39.4 Å².